The van der Waals surface area contributed by atoms with Gasteiger partial charge in [-0.05, 0) is 37.5 Å². The van der Waals surface area contributed by atoms with Crippen molar-refractivity contribution in [1.82, 2.24) is 19.6 Å². The van der Waals surface area contributed by atoms with E-state index in [1.165, 1.54) is 23.2 Å². The van der Waals surface area contributed by atoms with Crippen LogP contribution in [-0.4, -0.2) is 38.6 Å². The quantitative estimate of drug-likeness (QED) is 0.553. The fourth-order valence-corrected chi connectivity index (χ4v) is 4.87. The fraction of sp³-hybridized carbons (Fsp3) is 0.407. The summed E-state index contributed by atoms with van der Waals surface area (Å²) in [6.45, 7) is 6.25. The van der Waals surface area contributed by atoms with Gasteiger partial charge >= 0.3 is 0 Å². The number of carbonyl (C=O) groups excluding carboxylic acids is 1. The molecule has 5 heteroatoms. The van der Waals surface area contributed by atoms with Crippen LogP contribution in [0.3, 0.4) is 0 Å². The molecule has 1 amide bonds. The first-order valence-corrected chi connectivity index (χ1v) is 11.9. The van der Waals surface area contributed by atoms with Crippen molar-refractivity contribution in [3.05, 3.63) is 83.2 Å². The van der Waals surface area contributed by atoms with Crippen LogP contribution in [0.15, 0.2) is 60.7 Å². The van der Waals surface area contributed by atoms with Gasteiger partial charge in [-0.1, -0.05) is 55.0 Å². The average molecular weight is 429 g/mol. The van der Waals surface area contributed by atoms with Gasteiger partial charge in [-0.15, -0.1) is 0 Å². The maximum atomic E-state index is 13.0. The molecule has 1 aliphatic heterocycles. The lowest BCUT2D eigenvalue weighted by Crippen LogP contribution is -2.39. The molecule has 2 aliphatic rings. The Morgan fingerprint density at radius 2 is 1.78 bits per heavy atom. The number of nitrogens with zero attached hydrogens (tertiary/aromatic N) is 4. The normalized spacial score (nSPS) is 16.4. The third-order valence-corrected chi connectivity index (χ3v) is 6.96. The van der Waals surface area contributed by atoms with Crippen molar-refractivity contribution in [3.8, 4) is 5.69 Å². The summed E-state index contributed by atoms with van der Waals surface area (Å²) >= 11 is 0. The zero-order valence-corrected chi connectivity index (χ0v) is 18.9. The van der Waals surface area contributed by atoms with Crippen molar-refractivity contribution >= 4 is 5.91 Å². The van der Waals surface area contributed by atoms with Crippen LogP contribution in [0.5, 0.6) is 0 Å². The summed E-state index contributed by atoms with van der Waals surface area (Å²) < 4.78 is 2.12. The molecular formula is C27H32N4O. The van der Waals surface area contributed by atoms with Crippen LogP contribution in [0.4, 0.5) is 0 Å². The van der Waals surface area contributed by atoms with Crippen molar-refractivity contribution in [1.29, 1.82) is 0 Å². The fourth-order valence-electron chi connectivity index (χ4n) is 4.87. The molecule has 0 saturated heterocycles. The minimum atomic E-state index is 0.219. The van der Waals surface area contributed by atoms with Crippen LogP contribution in [0.1, 0.15) is 48.7 Å². The number of benzene rings is 2. The summed E-state index contributed by atoms with van der Waals surface area (Å²) in [5.74, 6) is 0.523. The number of para-hydroxylation sites is 1. The molecule has 5 rings (SSSR count). The molecule has 32 heavy (non-hydrogen) atoms. The van der Waals surface area contributed by atoms with Crippen molar-refractivity contribution in [2.75, 3.05) is 13.1 Å². The second-order valence-electron chi connectivity index (χ2n) is 9.05. The maximum Gasteiger partial charge on any atom is 0.226 e. The van der Waals surface area contributed by atoms with E-state index in [9.17, 15) is 4.79 Å². The summed E-state index contributed by atoms with van der Waals surface area (Å²) in [6.07, 6.45) is 4.22. The Labute approximate surface area is 190 Å². The Balaban J connectivity index is 1.44. The Morgan fingerprint density at radius 1 is 1.06 bits per heavy atom. The first-order chi connectivity index (χ1) is 15.7. The number of hydrogen-bond acceptors (Lipinski definition) is 3. The third-order valence-electron chi connectivity index (χ3n) is 6.96. The van der Waals surface area contributed by atoms with Crippen molar-refractivity contribution in [2.45, 2.75) is 52.2 Å². The molecule has 166 valence electrons. The molecule has 1 fully saturated rings. The molecule has 1 aromatic heterocycles. The van der Waals surface area contributed by atoms with Gasteiger partial charge in [0.25, 0.3) is 0 Å². The van der Waals surface area contributed by atoms with E-state index >= 15 is 0 Å². The first kappa shape index (κ1) is 21.0. The lowest BCUT2D eigenvalue weighted by Gasteiger charge is -2.31. The van der Waals surface area contributed by atoms with Gasteiger partial charge in [-0.3, -0.25) is 9.69 Å². The number of hydrogen-bond donors (Lipinski definition) is 0. The van der Waals surface area contributed by atoms with Gasteiger partial charge in [-0.25, -0.2) is 4.68 Å². The van der Waals surface area contributed by atoms with E-state index in [1.54, 1.807) is 0 Å². The van der Waals surface area contributed by atoms with E-state index < -0.39 is 0 Å². The minimum absolute atomic E-state index is 0.219. The summed E-state index contributed by atoms with van der Waals surface area (Å²) in [4.78, 5) is 17.5. The Bertz CT molecular complexity index is 1060. The van der Waals surface area contributed by atoms with E-state index in [2.05, 4.69) is 71.1 Å². The summed E-state index contributed by atoms with van der Waals surface area (Å²) in [7, 11) is 0. The zero-order valence-electron chi connectivity index (χ0n) is 18.9. The Kier molecular flexibility index (Phi) is 6.08. The van der Waals surface area contributed by atoms with E-state index in [0.29, 0.717) is 12.5 Å². The lowest BCUT2D eigenvalue weighted by molar-refractivity contribution is -0.138. The highest BCUT2D eigenvalue weighted by atomic mass is 16.2. The van der Waals surface area contributed by atoms with E-state index in [-0.39, 0.29) is 5.92 Å². The van der Waals surface area contributed by atoms with E-state index in [0.717, 1.165) is 56.8 Å². The highest BCUT2D eigenvalue weighted by Crippen LogP contribution is 2.31. The Morgan fingerprint density at radius 3 is 2.44 bits per heavy atom. The summed E-state index contributed by atoms with van der Waals surface area (Å²) in [6, 6.07) is 21.1. The second-order valence-corrected chi connectivity index (χ2v) is 9.05. The minimum Gasteiger partial charge on any atom is -0.337 e. The van der Waals surface area contributed by atoms with E-state index in [4.69, 9.17) is 5.10 Å². The van der Waals surface area contributed by atoms with Gasteiger partial charge in [0.15, 0.2) is 0 Å². The molecule has 0 unspecified atom stereocenters. The smallest absolute Gasteiger partial charge is 0.226 e. The van der Waals surface area contributed by atoms with Crippen molar-refractivity contribution in [2.24, 2.45) is 5.92 Å². The molecule has 1 saturated carbocycles. The van der Waals surface area contributed by atoms with Gasteiger partial charge in [0.05, 0.1) is 23.6 Å². The number of rotatable bonds is 7. The van der Waals surface area contributed by atoms with E-state index in [1.807, 2.05) is 11.0 Å². The monoisotopic (exact) mass is 428 g/mol. The van der Waals surface area contributed by atoms with Gasteiger partial charge < -0.3 is 4.90 Å². The number of aromatic nitrogens is 2. The number of fused-ring (bicyclic) bond motifs is 1. The molecule has 0 N–H and O–H groups in total. The highest BCUT2D eigenvalue weighted by Gasteiger charge is 2.31. The predicted molar refractivity (Wildman–Crippen MR) is 126 cm³/mol. The SMILES string of the molecule is CCN(Cc1nn(-c2ccccc2)c2c1CN(Cc1ccccc1)CC2)C(=O)C1CCC1. The molecule has 2 aromatic carbocycles. The standard InChI is InChI=1S/C27H32N4O/c1-2-30(27(32)22-12-9-13-22)20-25-24-19-29(18-21-10-5-3-6-11-21)17-16-26(24)31(28-25)23-14-7-4-8-15-23/h3-8,10-11,14-15,22H,2,9,12-13,16-20H2,1H3. The topological polar surface area (TPSA) is 41.4 Å². The molecule has 3 aromatic rings. The van der Waals surface area contributed by atoms with Gasteiger partial charge in [0.2, 0.25) is 5.91 Å². The summed E-state index contributed by atoms with van der Waals surface area (Å²) in [5, 5.41) is 5.07. The van der Waals surface area contributed by atoms with Crippen LogP contribution >= 0.6 is 0 Å². The van der Waals surface area contributed by atoms with Gasteiger partial charge in [0, 0.05) is 44.1 Å². The number of carbonyl (C=O) groups is 1. The third kappa shape index (κ3) is 4.22. The molecule has 1 aliphatic carbocycles. The Hall–Kier alpha value is -2.92. The predicted octanol–water partition coefficient (Wildman–Crippen LogP) is 4.58. The largest absolute Gasteiger partial charge is 0.337 e. The van der Waals surface area contributed by atoms with Gasteiger partial charge in [0.1, 0.15) is 0 Å². The maximum absolute atomic E-state index is 13.0. The van der Waals surface area contributed by atoms with Crippen molar-refractivity contribution in [3.63, 3.8) is 0 Å². The number of amides is 1. The van der Waals surface area contributed by atoms with Gasteiger partial charge in [-0.2, -0.15) is 5.10 Å². The second kappa shape index (κ2) is 9.29. The average Bonchev–Trinajstić information content (AvgIpc) is 3.15. The van der Waals surface area contributed by atoms with Crippen molar-refractivity contribution < 1.29 is 4.79 Å². The lowest BCUT2D eigenvalue weighted by atomic mass is 9.84. The molecule has 5 nitrogen and oxygen atoms in total. The zero-order chi connectivity index (χ0) is 21.9. The first-order valence-electron chi connectivity index (χ1n) is 11.9. The molecule has 0 spiro atoms. The molecule has 2 heterocycles. The highest BCUT2D eigenvalue weighted by molar-refractivity contribution is 5.79. The van der Waals surface area contributed by atoms with Crippen LogP contribution in [-0.2, 0) is 30.8 Å². The summed E-state index contributed by atoms with van der Waals surface area (Å²) in [5.41, 5.74) is 6.08. The molecular weight excluding hydrogens is 396 g/mol. The molecule has 0 bridgehead atoms. The van der Waals surface area contributed by atoms with Crippen LogP contribution in [0.25, 0.3) is 5.69 Å². The van der Waals surface area contributed by atoms with Crippen LogP contribution in [0.2, 0.25) is 0 Å². The molecule has 0 atom stereocenters. The van der Waals surface area contributed by atoms with Crippen LogP contribution in [0, 0.1) is 5.92 Å². The molecule has 0 radical (unpaired) electrons. The van der Waals surface area contributed by atoms with Crippen LogP contribution < -0.4 is 0 Å².